The fraction of sp³-hybridized carbons (Fsp3) is 0.222. The lowest BCUT2D eigenvalue weighted by Gasteiger charge is -2.25. The highest BCUT2D eigenvalue weighted by atomic mass is 16.3. The minimum Gasteiger partial charge on any atom is -0.459 e. The van der Waals surface area contributed by atoms with E-state index < -0.39 is 0 Å². The summed E-state index contributed by atoms with van der Waals surface area (Å²) in [4.78, 5) is 2.23. The van der Waals surface area contributed by atoms with Crippen molar-refractivity contribution in [1.82, 2.24) is 4.90 Å². The molecule has 0 spiro atoms. The van der Waals surface area contributed by atoms with Crippen LogP contribution in [0.5, 0.6) is 0 Å². The van der Waals surface area contributed by atoms with E-state index in [0.717, 1.165) is 23.3 Å². The Morgan fingerprint density at radius 3 is 2.48 bits per heavy atom. The molecule has 0 aliphatic rings. The first-order valence-corrected chi connectivity index (χ1v) is 7.20. The molecular formula is C18H20N2O. The number of nitrogens with zero attached hydrogens (tertiary/aromatic N) is 1. The number of para-hydroxylation sites is 1. The van der Waals surface area contributed by atoms with Gasteiger partial charge in [-0.25, -0.2) is 0 Å². The highest BCUT2D eigenvalue weighted by Gasteiger charge is 2.19. The summed E-state index contributed by atoms with van der Waals surface area (Å²) in [5, 5.41) is 1.12. The van der Waals surface area contributed by atoms with Gasteiger partial charge in [0.1, 0.15) is 11.3 Å². The van der Waals surface area contributed by atoms with Crippen molar-refractivity contribution in [2.45, 2.75) is 12.6 Å². The van der Waals surface area contributed by atoms with Crippen LogP contribution in [0.15, 0.2) is 65.1 Å². The van der Waals surface area contributed by atoms with Gasteiger partial charge in [-0.05, 0) is 24.7 Å². The van der Waals surface area contributed by atoms with Gasteiger partial charge in [0.05, 0.1) is 6.04 Å². The number of fused-ring (bicyclic) bond motifs is 1. The molecule has 0 aliphatic heterocycles. The van der Waals surface area contributed by atoms with Gasteiger partial charge in [0, 0.05) is 18.5 Å². The van der Waals surface area contributed by atoms with Crippen molar-refractivity contribution in [3.63, 3.8) is 0 Å². The highest BCUT2D eigenvalue weighted by Crippen LogP contribution is 2.27. The summed E-state index contributed by atoms with van der Waals surface area (Å²) in [6.07, 6.45) is 0. The molecule has 3 nitrogen and oxygen atoms in total. The average Bonchev–Trinajstić information content (AvgIpc) is 2.92. The zero-order valence-corrected chi connectivity index (χ0v) is 12.2. The zero-order chi connectivity index (χ0) is 14.7. The second-order valence-electron chi connectivity index (χ2n) is 5.34. The first kappa shape index (κ1) is 13.9. The minimum absolute atomic E-state index is 0.0811. The predicted molar refractivity (Wildman–Crippen MR) is 85.9 cm³/mol. The summed E-state index contributed by atoms with van der Waals surface area (Å²) >= 11 is 0. The minimum atomic E-state index is 0.0811. The topological polar surface area (TPSA) is 42.4 Å². The molecule has 21 heavy (non-hydrogen) atoms. The molecule has 1 atom stereocenters. The Morgan fingerprint density at radius 1 is 1.05 bits per heavy atom. The average molecular weight is 280 g/mol. The number of likely N-dealkylation sites (N-methyl/N-ethyl adjacent to an activating group) is 1. The van der Waals surface area contributed by atoms with Crippen LogP contribution in [-0.2, 0) is 6.54 Å². The molecule has 2 N–H and O–H groups in total. The quantitative estimate of drug-likeness (QED) is 0.777. The first-order valence-electron chi connectivity index (χ1n) is 7.20. The number of benzene rings is 2. The van der Waals surface area contributed by atoms with E-state index in [2.05, 4.69) is 48.3 Å². The maximum absolute atomic E-state index is 5.98. The second kappa shape index (κ2) is 6.12. The Labute approximate surface area is 125 Å². The molecule has 1 unspecified atom stereocenters. The maximum Gasteiger partial charge on any atom is 0.134 e. The van der Waals surface area contributed by atoms with Crippen LogP contribution in [-0.4, -0.2) is 18.5 Å². The molecule has 3 rings (SSSR count). The van der Waals surface area contributed by atoms with Gasteiger partial charge >= 0.3 is 0 Å². The molecule has 2 aromatic carbocycles. The molecule has 0 saturated heterocycles. The Kier molecular flexibility index (Phi) is 4.04. The van der Waals surface area contributed by atoms with Crippen molar-refractivity contribution in [2.24, 2.45) is 5.73 Å². The Morgan fingerprint density at radius 2 is 1.76 bits per heavy atom. The molecule has 0 aliphatic carbocycles. The van der Waals surface area contributed by atoms with E-state index in [-0.39, 0.29) is 6.04 Å². The van der Waals surface area contributed by atoms with Crippen LogP contribution in [0.1, 0.15) is 17.4 Å². The van der Waals surface area contributed by atoms with Gasteiger partial charge in [-0.3, -0.25) is 4.90 Å². The van der Waals surface area contributed by atoms with Gasteiger partial charge in [0.25, 0.3) is 0 Å². The third-order valence-electron chi connectivity index (χ3n) is 3.80. The van der Waals surface area contributed by atoms with E-state index in [1.54, 1.807) is 0 Å². The standard InChI is InChI=1S/C18H20N2O/c1-20(13-14-7-3-2-4-8-14)16(12-19)18-11-15-9-5-6-10-17(15)21-18/h2-11,16H,12-13,19H2,1H3. The molecule has 0 bridgehead atoms. The van der Waals surface area contributed by atoms with Gasteiger partial charge in [0.15, 0.2) is 0 Å². The van der Waals surface area contributed by atoms with Crippen molar-refractivity contribution in [1.29, 1.82) is 0 Å². The van der Waals surface area contributed by atoms with Crippen molar-refractivity contribution in [3.8, 4) is 0 Å². The number of nitrogens with two attached hydrogens (primary N) is 1. The summed E-state index contributed by atoms with van der Waals surface area (Å²) in [7, 11) is 2.08. The predicted octanol–water partition coefficient (Wildman–Crippen LogP) is 3.56. The third kappa shape index (κ3) is 2.99. The van der Waals surface area contributed by atoms with E-state index in [1.807, 2.05) is 24.3 Å². The van der Waals surface area contributed by atoms with Crippen LogP contribution in [0, 0.1) is 0 Å². The molecule has 1 aromatic heterocycles. The summed E-state index contributed by atoms with van der Waals surface area (Å²) < 4.78 is 5.96. The summed E-state index contributed by atoms with van der Waals surface area (Å²) in [6.45, 7) is 1.38. The normalized spacial score (nSPS) is 12.9. The fourth-order valence-corrected chi connectivity index (χ4v) is 2.66. The lowest BCUT2D eigenvalue weighted by atomic mass is 10.1. The first-order chi connectivity index (χ1) is 10.3. The Bertz CT molecular complexity index is 672. The highest BCUT2D eigenvalue weighted by molar-refractivity contribution is 5.77. The van der Waals surface area contributed by atoms with E-state index >= 15 is 0 Å². The molecule has 0 amide bonds. The molecule has 0 fully saturated rings. The van der Waals surface area contributed by atoms with Crippen molar-refractivity contribution in [2.75, 3.05) is 13.6 Å². The van der Waals surface area contributed by atoms with Gasteiger partial charge in [-0.2, -0.15) is 0 Å². The van der Waals surface area contributed by atoms with Crippen LogP contribution < -0.4 is 5.73 Å². The van der Waals surface area contributed by atoms with Crippen molar-refractivity contribution < 1.29 is 4.42 Å². The van der Waals surface area contributed by atoms with Crippen LogP contribution in [0.2, 0.25) is 0 Å². The summed E-state index contributed by atoms with van der Waals surface area (Å²) in [5.74, 6) is 0.928. The fourth-order valence-electron chi connectivity index (χ4n) is 2.66. The largest absolute Gasteiger partial charge is 0.459 e. The van der Waals surface area contributed by atoms with Gasteiger partial charge in [-0.15, -0.1) is 0 Å². The van der Waals surface area contributed by atoms with E-state index in [9.17, 15) is 0 Å². The Balaban J connectivity index is 1.83. The van der Waals surface area contributed by atoms with E-state index in [1.165, 1.54) is 5.56 Å². The van der Waals surface area contributed by atoms with Crippen LogP contribution in [0.3, 0.4) is 0 Å². The van der Waals surface area contributed by atoms with Crippen molar-refractivity contribution >= 4 is 11.0 Å². The van der Waals surface area contributed by atoms with Crippen molar-refractivity contribution in [3.05, 3.63) is 72.0 Å². The maximum atomic E-state index is 5.98. The molecule has 1 heterocycles. The van der Waals surface area contributed by atoms with E-state index in [4.69, 9.17) is 10.2 Å². The van der Waals surface area contributed by atoms with E-state index in [0.29, 0.717) is 6.54 Å². The molecule has 3 aromatic rings. The molecule has 3 heteroatoms. The zero-order valence-electron chi connectivity index (χ0n) is 12.2. The SMILES string of the molecule is CN(Cc1ccccc1)C(CN)c1cc2ccccc2o1. The third-order valence-corrected chi connectivity index (χ3v) is 3.80. The molecule has 108 valence electrons. The lowest BCUT2D eigenvalue weighted by molar-refractivity contribution is 0.216. The second-order valence-corrected chi connectivity index (χ2v) is 5.34. The molecule has 0 saturated carbocycles. The summed E-state index contributed by atoms with van der Waals surface area (Å²) in [5.41, 5.74) is 8.17. The number of hydrogen-bond donors (Lipinski definition) is 1. The van der Waals surface area contributed by atoms with Gasteiger partial charge < -0.3 is 10.2 Å². The molecular weight excluding hydrogens is 260 g/mol. The number of furan rings is 1. The van der Waals surface area contributed by atoms with Crippen LogP contribution in [0.4, 0.5) is 0 Å². The lowest BCUT2D eigenvalue weighted by Crippen LogP contribution is -2.29. The summed E-state index contributed by atoms with van der Waals surface area (Å²) in [6, 6.07) is 20.6. The molecule has 0 radical (unpaired) electrons. The number of hydrogen-bond acceptors (Lipinski definition) is 3. The monoisotopic (exact) mass is 280 g/mol. The van der Waals surface area contributed by atoms with Gasteiger partial charge in [0.2, 0.25) is 0 Å². The van der Waals surface area contributed by atoms with Crippen LogP contribution in [0.25, 0.3) is 11.0 Å². The smallest absolute Gasteiger partial charge is 0.134 e. The van der Waals surface area contributed by atoms with Crippen LogP contribution >= 0.6 is 0 Å². The number of rotatable bonds is 5. The Hall–Kier alpha value is -2.10. The van der Waals surface area contributed by atoms with Gasteiger partial charge in [-0.1, -0.05) is 48.5 Å².